The lowest BCUT2D eigenvalue weighted by atomic mass is 9.69. The Morgan fingerprint density at radius 2 is 1.62 bits per heavy atom. The van der Waals surface area contributed by atoms with Crippen LogP contribution in [0.1, 0.15) is 73.4 Å². The number of primary amides is 1. The number of likely N-dealkylation sites (tertiary alicyclic amines) is 1. The average Bonchev–Trinajstić information content (AvgIpc) is 3.51. The van der Waals surface area contributed by atoms with E-state index in [2.05, 4.69) is 16.8 Å². The number of hydrogen-bond donors (Lipinski definition) is 6. The first kappa shape index (κ1) is 33.0. The fourth-order valence-electron chi connectivity index (χ4n) is 6.58. The van der Waals surface area contributed by atoms with Crippen LogP contribution in [-0.4, -0.2) is 60.1 Å². The highest BCUT2D eigenvalue weighted by atomic mass is 16.5. The van der Waals surface area contributed by atoms with Crippen molar-refractivity contribution in [2.24, 2.45) is 11.6 Å². The number of nitrogens with one attached hydrogen (secondary N) is 4. The Morgan fingerprint density at radius 1 is 1.00 bits per heavy atom. The number of hydrazine groups is 1. The highest BCUT2D eigenvalue weighted by molar-refractivity contribution is 6.04. The number of nitrogens with zero attached hydrogens (tertiary/aromatic N) is 2. The number of carbonyl (C=O) groups is 3. The first-order valence-corrected chi connectivity index (χ1v) is 15.5. The lowest BCUT2D eigenvalue weighted by molar-refractivity contribution is -0.130. The molecule has 12 heteroatoms. The van der Waals surface area contributed by atoms with E-state index in [0.29, 0.717) is 53.6 Å². The number of fused-ring (bicyclic) bond motifs is 2. The summed E-state index contributed by atoms with van der Waals surface area (Å²) in [5.74, 6) is 3.75. The number of nitriles is 1. The van der Waals surface area contributed by atoms with Crippen LogP contribution in [0.4, 0.5) is 0 Å². The third-order valence-corrected chi connectivity index (χ3v) is 9.05. The summed E-state index contributed by atoms with van der Waals surface area (Å²) in [5.41, 5.74) is 11.6. The maximum Gasteiger partial charge on any atom is 0.265 e. The van der Waals surface area contributed by atoms with E-state index in [4.69, 9.17) is 21.7 Å². The Hall–Kier alpha value is -5.38. The molecule has 3 aromatic carbocycles. The number of benzene rings is 3. The molecule has 47 heavy (non-hydrogen) atoms. The van der Waals surface area contributed by atoms with Crippen LogP contribution in [0.15, 0.2) is 60.7 Å². The number of aryl methyl sites for hydroxylation is 3. The van der Waals surface area contributed by atoms with E-state index in [9.17, 15) is 25.1 Å². The van der Waals surface area contributed by atoms with Gasteiger partial charge in [0, 0.05) is 23.2 Å². The van der Waals surface area contributed by atoms with Crippen LogP contribution in [0.5, 0.6) is 0 Å². The van der Waals surface area contributed by atoms with Crippen LogP contribution >= 0.6 is 0 Å². The molecule has 8 N–H and O–H groups in total. The Balaban J connectivity index is 1.58. The number of amides is 3. The minimum atomic E-state index is -1.30. The number of nitrogens with two attached hydrogens (primary N) is 2. The van der Waals surface area contributed by atoms with Crippen LogP contribution in [0.2, 0.25) is 0 Å². The summed E-state index contributed by atoms with van der Waals surface area (Å²) in [6.45, 7) is 2.72. The molecule has 1 heterocycles. The van der Waals surface area contributed by atoms with Gasteiger partial charge in [-0.25, -0.2) is 5.84 Å². The molecule has 0 saturated carbocycles. The molecule has 1 aliphatic heterocycles. The highest BCUT2D eigenvalue weighted by Gasteiger charge is 2.45. The van der Waals surface area contributed by atoms with Gasteiger partial charge in [-0.3, -0.25) is 30.6 Å². The topological polar surface area (TPSA) is 211 Å². The molecule has 0 aromatic heterocycles. The number of hydrogen-bond acceptors (Lipinski definition) is 9. The molecule has 12 nitrogen and oxygen atoms in total. The second-order valence-electron chi connectivity index (χ2n) is 11.9. The molecule has 0 radical (unpaired) electrons. The van der Waals surface area contributed by atoms with Gasteiger partial charge in [0.2, 0.25) is 23.6 Å². The fourth-order valence-corrected chi connectivity index (χ4v) is 6.58. The number of rotatable bonds is 9. The van der Waals surface area contributed by atoms with Gasteiger partial charge >= 0.3 is 0 Å². The van der Waals surface area contributed by atoms with E-state index in [1.165, 1.54) is 0 Å². The van der Waals surface area contributed by atoms with Crippen molar-refractivity contribution in [3.8, 4) is 6.07 Å². The zero-order chi connectivity index (χ0) is 33.7. The van der Waals surface area contributed by atoms with Crippen molar-refractivity contribution >= 4 is 29.5 Å². The molecule has 1 saturated heterocycles. The monoisotopic (exact) mass is 634 g/mol. The lowest BCUT2D eigenvalue weighted by Gasteiger charge is -2.36. The van der Waals surface area contributed by atoms with Crippen LogP contribution in [0.3, 0.4) is 0 Å². The van der Waals surface area contributed by atoms with Gasteiger partial charge in [0.15, 0.2) is 0 Å². The minimum Gasteiger partial charge on any atom is -0.424 e. The standard InChI is InChI=1S/C35H38N8O4/c1-21-4-6-22(7-5-21)32(38)47-34(39)35(14-15-41-20-30(44)43-16-2-3-27(43)19-36)28-12-10-25(31(37)45)17-23(28)8-9-24-18-26(33(46)42-40)11-13-29(24)35/h4-7,10-13,17-18,27,38-39,41H,2-3,8-9,14-16,20,40H2,1H3,(H2,37,45)(H,42,46). The van der Waals surface area contributed by atoms with Crippen LogP contribution < -0.4 is 22.3 Å². The van der Waals surface area contributed by atoms with Crippen molar-refractivity contribution in [3.63, 3.8) is 0 Å². The van der Waals surface area contributed by atoms with Gasteiger partial charge in [0.05, 0.1) is 18.0 Å². The Kier molecular flexibility index (Phi) is 9.79. The zero-order valence-electron chi connectivity index (χ0n) is 26.2. The van der Waals surface area contributed by atoms with Gasteiger partial charge in [-0.15, -0.1) is 0 Å². The maximum atomic E-state index is 13.0. The van der Waals surface area contributed by atoms with E-state index in [1.54, 1.807) is 53.4 Å². The third-order valence-electron chi connectivity index (χ3n) is 9.05. The Bertz CT molecular complexity index is 1780. The average molecular weight is 635 g/mol. The highest BCUT2D eigenvalue weighted by Crippen LogP contribution is 2.44. The molecular formula is C35H38N8O4. The predicted molar refractivity (Wildman–Crippen MR) is 176 cm³/mol. The first-order chi connectivity index (χ1) is 22.6. The van der Waals surface area contributed by atoms with Gasteiger partial charge in [0.25, 0.3) is 5.91 Å². The van der Waals surface area contributed by atoms with E-state index in [1.807, 2.05) is 19.1 Å². The minimum absolute atomic E-state index is 0.00241. The number of nitrogen functional groups attached to an aromatic ring is 1. The van der Waals surface area contributed by atoms with Crippen molar-refractivity contribution in [2.45, 2.75) is 50.5 Å². The van der Waals surface area contributed by atoms with Gasteiger partial charge in [-0.05, 0) is 104 Å². The Labute approximate surface area is 273 Å². The summed E-state index contributed by atoms with van der Waals surface area (Å²) in [4.78, 5) is 39.3. The van der Waals surface area contributed by atoms with E-state index in [0.717, 1.165) is 23.1 Å². The first-order valence-electron chi connectivity index (χ1n) is 15.5. The smallest absolute Gasteiger partial charge is 0.265 e. The summed E-state index contributed by atoms with van der Waals surface area (Å²) < 4.78 is 6.09. The quantitative estimate of drug-likeness (QED) is 0.0517. The molecule has 2 unspecified atom stereocenters. The summed E-state index contributed by atoms with van der Waals surface area (Å²) in [7, 11) is 0. The molecule has 1 fully saturated rings. The van der Waals surface area contributed by atoms with Crippen LogP contribution in [0.25, 0.3) is 0 Å². The molecular weight excluding hydrogens is 596 g/mol. The molecule has 0 spiro atoms. The van der Waals surface area contributed by atoms with Gasteiger partial charge in [0.1, 0.15) is 6.04 Å². The van der Waals surface area contributed by atoms with E-state index >= 15 is 0 Å². The van der Waals surface area contributed by atoms with Crippen molar-refractivity contribution < 1.29 is 19.1 Å². The van der Waals surface area contributed by atoms with Gasteiger partial charge in [-0.1, -0.05) is 29.8 Å². The van der Waals surface area contributed by atoms with Gasteiger partial charge < -0.3 is 20.7 Å². The Morgan fingerprint density at radius 3 is 2.23 bits per heavy atom. The second kappa shape index (κ2) is 13.9. The van der Waals surface area contributed by atoms with E-state index in [-0.39, 0.29) is 37.2 Å². The third kappa shape index (κ3) is 6.63. The largest absolute Gasteiger partial charge is 0.424 e. The zero-order valence-corrected chi connectivity index (χ0v) is 26.2. The predicted octanol–water partition coefficient (Wildman–Crippen LogP) is 2.60. The molecule has 2 atom stereocenters. The van der Waals surface area contributed by atoms with Crippen molar-refractivity contribution in [1.82, 2.24) is 15.6 Å². The molecule has 1 aliphatic carbocycles. The molecule has 0 bridgehead atoms. The van der Waals surface area contributed by atoms with Crippen molar-refractivity contribution in [3.05, 3.63) is 105 Å². The van der Waals surface area contributed by atoms with Gasteiger partial charge in [-0.2, -0.15) is 5.26 Å². The van der Waals surface area contributed by atoms with Crippen molar-refractivity contribution in [1.29, 1.82) is 16.1 Å². The maximum absolute atomic E-state index is 13.0. The second-order valence-corrected chi connectivity index (χ2v) is 11.9. The molecule has 242 valence electrons. The summed E-state index contributed by atoms with van der Waals surface area (Å²) in [5, 5.41) is 31.0. The van der Waals surface area contributed by atoms with Crippen LogP contribution in [-0.2, 0) is 27.8 Å². The summed E-state index contributed by atoms with van der Waals surface area (Å²) in [6, 6.07) is 19.2. The molecule has 3 aromatic rings. The normalized spacial score (nSPS) is 18.2. The lowest BCUT2D eigenvalue weighted by Crippen LogP contribution is -2.45. The van der Waals surface area contributed by atoms with Crippen molar-refractivity contribution in [2.75, 3.05) is 19.6 Å². The summed E-state index contributed by atoms with van der Waals surface area (Å²) >= 11 is 0. The number of ether oxygens (including phenoxy) is 1. The molecule has 5 rings (SSSR count). The summed E-state index contributed by atoms with van der Waals surface area (Å²) in [6.07, 6.45) is 2.59. The van der Waals surface area contributed by atoms with Crippen LogP contribution in [0, 0.1) is 29.1 Å². The van der Waals surface area contributed by atoms with E-state index < -0.39 is 23.3 Å². The molecule has 2 aliphatic rings. The molecule has 3 amide bonds. The fraction of sp³-hybridized carbons (Fsp3) is 0.314. The SMILES string of the molecule is Cc1ccc(C(=N)OC(=N)C2(CCNCC(=O)N3CCCC3C#N)c3ccc(C(N)=O)cc3CCc3cc(C(=O)NN)ccc32)cc1. The number of carbonyl (C=O) groups excluding carboxylic acids is 3.